The lowest BCUT2D eigenvalue weighted by Crippen LogP contribution is -1.90. The van der Waals surface area contributed by atoms with Crippen LogP contribution in [0.1, 0.15) is 0 Å². The summed E-state index contributed by atoms with van der Waals surface area (Å²) in [6.07, 6.45) is 0. The number of hydrogen-bond donors (Lipinski definition) is 1. The molecule has 1 N–H and O–H groups in total. The molecule has 0 amide bonds. The van der Waals surface area contributed by atoms with Gasteiger partial charge in [0.05, 0.1) is 0 Å². The van der Waals surface area contributed by atoms with Gasteiger partial charge < -0.3 is 9.73 Å². The maximum absolute atomic E-state index is 6.02. The molecule has 0 radical (unpaired) electrons. The Bertz CT molecular complexity index is 1200. The highest BCUT2D eigenvalue weighted by Crippen LogP contribution is 2.33. The van der Waals surface area contributed by atoms with Crippen molar-refractivity contribution in [2.24, 2.45) is 0 Å². The molecule has 0 aliphatic heterocycles. The molecular weight excluding hydrogens is 318 g/mol. The predicted octanol–water partition coefficient (Wildman–Crippen LogP) is 7.00. The molecule has 5 rings (SSSR count). The topological polar surface area (TPSA) is 25.2 Å². The van der Waals surface area contributed by atoms with Crippen LogP contribution in [0, 0.1) is 0 Å². The second-order valence-electron chi connectivity index (χ2n) is 6.38. The van der Waals surface area contributed by atoms with Crippen molar-refractivity contribution in [1.82, 2.24) is 0 Å². The summed E-state index contributed by atoms with van der Waals surface area (Å²) in [6.45, 7) is 0. The highest BCUT2D eigenvalue weighted by molar-refractivity contribution is 6.05. The van der Waals surface area contributed by atoms with E-state index in [4.69, 9.17) is 4.42 Å². The first-order chi connectivity index (χ1) is 12.9. The summed E-state index contributed by atoms with van der Waals surface area (Å²) in [6, 6.07) is 33.2. The minimum Gasteiger partial charge on any atom is -0.456 e. The number of furan rings is 1. The third kappa shape index (κ3) is 2.62. The maximum Gasteiger partial charge on any atom is 0.136 e. The van der Waals surface area contributed by atoms with Crippen LogP contribution in [0.4, 0.5) is 11.4 Å². The van der Waals surface area contributed by atoms with E-state index in [-0.39, 0.29) is 0 Å². The fraction of sp³-hybridized carbons (Fsp3) is 0. The third-order valence-corrected chi connectivity index (χ3v) is 4.64. The molecule has 5 aromatic rings. The molecule has 124 valence electrons. The molecule has 0 aliphatic rings. The van der Waals surface area contributed by atoms with E-state index in [2.05, 4.69) is 66.0 Å². The van der Waals surface area contributed by atoms with Gasteiger partial charge in [0, 0.05) is 22.1 Å². The molecule has 0 unspecified atom stereocenters. The van der Waals surface area contributed by atoms with E-state index in [0.29, 0.717) is 0 Å². The minimum absolute atomic E-state index is 0.921. The maximum atomic E-state index is 6.02. The second-order valence-corrected chi connectivity index (χ2v) is 6.38. The van der Waals surface area contributed by atoms with Crippen LogP contribution in [-0.4, -0.2) is 0 Å². The van der Waals surface area contributed by atoms with E-state index in [1.165, 1.54) is 0 Å². The van der Waals surface area contributed by atoms with Crippen LogP contribution < -0.4 is 5.32 Å². The first-order valence-corrected chi connectivity index (χ1v) is 8.71. The Hall–Kier alpha value is -3.52. The standard InChI is InChI=1S/C24H17NO/c1-2-8-19(9-3-1)25-20-10-6-7-17(15-20)18-13-14-22-21-11-4-5-12-23(21)26-24(22)16-18/h1-16,25H. The van der Waals surface area contributed by atoms with Gasteiger partial charge >= 0.3 is 0 Å². The summed E-state index contributed by atoms with van der Waals surface area (Å²) in [5, 5.41) is 5.77. The molecule has 0 fully saturated rings. The summed E-state index contributed by atoms with van der Waals surface area (Å²) < 4.78 is 6.02. The largest absolute Gasteiger partial charge is 0.456 e. The van der Waals surface area contributed by atoms with E-state index in [0.717, 1.165) is 44.4 Å². The van der Waals surface area contributed by atoms with Gasteiger partial charge in [0.25, 0.3) is 0 Å². The summed E-state index contributed by atoms with van der Waals surface area (Å²) in [7, 11) is 0. The lowest BCUT2D eigenvalue weighted by Gasteiger charge is -2.08. The van der Waals surface area contributed by atoms with Gasteiger partial charge in [0.2, 0.25) is 0 Å². The first-order valence-electron chi connectivity index (χ1n) is 8.71. The molecule has 26 heavy (non-hydrogen) atoms. The molecule has 0 saturated carbocycles. The number of hydrogen-bond acceptors (Lipinski definition) is 2. The van der Waals surface area contributed by atoms with E-state index < -0.39 is 0 Å². The van der Waals surface area contributed by atoms with Gasteiger partial charge in [-0.2, -0.15) is 0 Å². The SMILES string of the molecule is c1ccc(Nc2cccc(-c3ccc4c(c3)oc3ccccc34)c2)cc1. The van der Waals surface area contributed by atoms with Crippen LogP contribution >= 0.6 is 0 Å². The fourth-order valence-corrected chi connectivity index (χ4v) is 3.37. The van der Waals surface area contributed by atoms with Gasteiger partial charge in [-0.25, -0.2) is 0 Å². The van der Waals surface area contributed by atoms with Crippen molar-refractivity contribution in [3.8, 4) is 11.1 Å². The smallest absolute Gasteiger partial charge is 0.136 e. The summed E-state index contributed by atoms with van der Waals surface area (Å²) >= 11 is 0. The molecule has 2 heteroatoms. The van der Waals surface area contributed by atoms with Gasteiger partial charge in [-0.05, 0) is 53.6 Å². The van der Waals surface area contributed by atoms with Crippen LogP contribution in [0.5, 0.6) is 0 Å². The molecule has 0 atom stereocenters. The number of fused-ring (bicyclic) bond motifs is 3. The molecule has 1 heterocycles. The van der Waals surface area contributed by atoms with Crippen molar-refractivity contribution in [2.75, 3.05) is 5.32 Å². The van der Waals surface area contributed by atoms with Crippen LogP contribution in [0.25, 0.3) is 33.1 Å². The molecular formula is C24H17NO. The quantitative estimate of drug-likeness (QED) is 0.384. The Morgan fingerprint density at radius 3 is 2.15 bits per heavy atom. The number of nitrogens with one attached hydrogen (secondary N) is 1. The minimum atomic E-state index is 0.921. The van der Waals surface area contributed by atoms with Crippen molar-refractivity contribution in [3.05, 3.63) is 97.1 Å². The average molecular weight is 335 g/mol. The van der Waals surface area contributed by atoms with Crippen LogP contribution in [0.3, 0.4) is 0 Å². The molecule has 4 aromatic carbocycles. The highest BCUT2D eigenvalue weighted by atomic mass is 16.3. The van der Waals surface area contributed by atoms with Crippen molar-refractivity contribution in [3.63, 3.8) is 0 Å². The normalized spacial score (nSPS) is 11.1. The van der Waals surface area contributed by atoms with E-state index in [1.807, 2.05) is 36.4 Å². The van der Waals surface area contributed by atoms with Crippen LogP contribution in [0.2, 0.25) is 0 Å². The number of benzene rings is 4. The zero-order chi connectivity index (χ0) is 17.3. The summed E-state index contributed by atoms with van der Waals surface area (Å²) in [5.41, 5.74) is 6.31. The average Bonchev–Trinajstić information content (AvgIpc) is 3.07. The monoisotopic (exact) mass is 335 g/mol. The Kier molecular flexibility index (Phi) is 3.46. The Balaban J connectivity index is 1.55. The number of anilines is 2. The van der Waals surface area contributed by atoms with Gasteiger partial charge in [-0.3, -0.25) is 0 Å². The molecule has 0 saturated heterocycles. The van der Waals surface area contributed by atoms with Gasteiger partial charge in [-0.15, -0.1) is 0 Å². The van der Waals surface area contributed by atoms with Gasteiger partial charge in [-0.1, -0.05) is 54.6 Å². The van der Waals surface area contributed by atoms with E-state index in [9.17, 15) is 0 Å². The van der Waals surface area contributed by atoms with Crippen molar-refractivity contribution < 1.29 is 4.42 Å². The van der Waals surface area contributed by atoms with Crippen molar-refractivity contribution in [1.29, 1.82) is 0 Å². The summed E-state index contributed by atoms with van der Waals surface area (Å²) in [4.78, 5) is 0. The van der Waals surface area contributed by atoms with Crippen LogP contribution in [0.15, 0.2) is 101 Å². The highest BCUT2D eigenvalue weighted by Gasteiger charge is 2.08. The predicted molar refractivity (Wildman–Crippen MR) is 109 cm³/mol. The van der Waals surface area contributed by atoms with Gasteiger partial charge in [0.15, 0.2) is 0 Å². The lowest BCUT2D eigenvalue weighted by atomic mass is 10.0. The molecule has 0 aliphatic carbocycles. The molecule has 2 nitrogen and oxygen atoms in total. The summed E-state index contributed by atoms with van der Waals surface area (Å²) in [5.74, 6) is 0. The third-order valence-electron chi connectivity index (χ3n) is 4.64. The number of para-hydroxylation sites is 2. The Labute approximate surface area is 151 Å². The van der Waals surface area contributed by atoms with E-state index >= 15 is 0 Å². The zero-order valence-electron chi connectivity index (χ0n) is 14.1. The molecule has 0 spiro atoms. The zero-order valence-corrected chi connectivity index (χ0v) is 14.1. The van der Waals surface area contributed by atoms with Crippen molar-refractivity contribution >= 4 is 33.3 Å². The van der Waals surface area contributed by atoms with E-state index in [1.54, 1.807) is 0 Å². The first kappa shape index (κ1) is 14.8. The number of rotatable bonds is 3. The fourth-order valence-electron chi connectivity index (χ4n) is 3.37. The molecule has 0 bridgehead atoms. The van der Waals surface area contributed by atoms with Crippen molar-refractivity contribution in [2.45, 2.75) is 0 Å². The second kappa shape index (κ2) is 6.08. The Morgan fingerprint density at radius 2 is 1.23 bits per heavy atom. The lowest BCUT2D eigenvalue weighted by molar-refractivity contribution is 0.669. The Morgan fingerprint density at radius 1 is 0.500 bits per heavy atom. The van der Waals surface area contributed by atoms with Gasteiger partial charge in [0.1, 0.15) is 11.2 Å². The molecule has 1 aromatic heterocycles. The van der Waals surface area contributed by atoms with Crippen LogP contribution in [-0.2, 0) is 0 Å².